The molecule has 2 amide bonds. The van der Waals surface area contributed by atoms with Gasteiger partial charge in [0.2, 0.25) is 0 Å². The van der Waals surface area contributed by atoms with Crippen LogP contribution in [0.1, 0.15) is 52.9 Å². The van der Waals surface area contributed by atoms with E-state index in [0.717, 1.165) is 53.7 Å². The Hall–Kier alpha value is -3.53. The van der Waals surface area contributed by atoms with Crippen molar-refractivity contribution >= 4 is 51.5 Å². The lowest BCUT2D eigenvalue weighted by Gasteiger charge is -2.19. The average Bonchev–Trinajstić information content (AvgIpc) is 3.52. The van der Waals surface area contributed by atoms with Gasteiger partial charge in [0.15, 0.2) is 0 Å². The molecule has 5 rings (SSSR count). The Labute approximate surface area is 249 Å². The van der Waals surface area contributed by atoms with Crippen LogP contribution in [0.5, 0.6) is 0 Å². The van der Waals surface area contributed by atoms with E-state index in [1.165, 1.54) is 16.9 Å². The number of fused-ring (bicyclic) bond motifs is 1. The highest BCUT2D eigenvalue weighted by molar-refractivity contribution is 7.14. The van der Waals surface area contributed by atoms with Gasteiger partial charge in [0.1, 0.15) is 11.4 Å². The van der Waals surface area contributed by atoms with Crippen molar-refractivity contribution in [1.29, 1.82) is 0 Å². The highest BCUT2D eigenvalue weighted by Crippen LogP contribution is 2.31. The molecule has 1 unspecified atom stereocenters. The Morgan fingerprint density at radius 2 is 2.00 bits per heavy atom. The van der Waals surface area contributed by atoms with Gasteiger partial charge < -0.3 is 10.1 Å². The number of rotatable bonds is 8. The number of benzene rings is 1. The molecular weight excluding hydrogens is 558 g/mol. The van der Waals surface area contributed by atoms with E-state index in [0.29, 0.717) is 28.2 Å². The van der Waals surface area contributed by atoms with Gasteiger partial charge in [-0.05, 0) is 86.9 Å². The molecule has 2 N–H and O–H groups in total. The minimum Gasteiger partial charge on any atom is -0.444 e. The molecule has 3 aromatic heterocycles. The summed E-state index contributed by atoms with van der Waals surface area (Å²) in [5, 5.41) is 8.05. The first kappa shape index (κ1) is 29.0. The molecule has 8 nitrogen and oxygen atoms in total. The molecular formula is C31H34ClN5O3S. The van der Waals surface area contributed by atoms with Crippen LogP contribution in [0.2, 0.25) is 5.02 Å². The number of pyridine rings is 2. The average molecular weight is 592 g/mol. The maximum atomic E-state index is 13.0. The topological polar surface area (TPSA) is 96.4 Å². The van der Waals surface area contributed by atoms with Crippen molar-refractivity contribution in [2.75, 3.05) is 18.4 Å². The number of carbonyl (C=O) groups is 2. The SMILES string of the molecule is CC(C)(C)OC(=O)Nc1nccc2cc(CNC(=O)c3cc(Cl)c(CN4CCC(Cc5cccnc5)C4)s3)ccc12. The fourth-order valence-corrected chi connectivity index (χ4v) is 6.37. The summed E-state index contributed by atoms with van der Waals surface area (Å²) in [6, 6.07) is 13.5. The number of carbonyl (C=O) groups excluding carboxylic acids is 2. The third-order valence-corrected chi connectivity index (χ3v) is 8.43. The van der Waals surface area contributed by atoms with Crippen LogP contribution in [-0.2, 0) is 24.2 Å². The highest BCUT2D eigenvalue weighted by Gasteiger charge is 2.25. The summed E-state index contributed by atoms with van der Waals surface area (Å²) >= 11 is 8.01. The molecule has 10 heteroatoms. The lowest BCUT2D eigenvalue weighted by molar-refractivity contribution is 0.0635. The maximum absolute atomic E-state index is 13.0. The molecule has 0 saturated carbocycles. The van der Waals surface area contributed by atoms with Crippen molar-refractivity contribution in [1.82, 2.24) is 20.2 Å². The van der Waals surface area contributed by atoms with Gasteiger partial charge in [-0.1, -0.05) is 29.8 Å². The summed E-state index contributed by atoms with van der Waals surface area (Å²) in [7, 11) is 0. The largest absolute Gasteiger partial charge is 0.444 e. The van der Waals surface area contributed by atoms with Gasteiger partial charge in [-0.25, -0.2) is 9.78 Å². The lowest BCUT2D eigenvalue weighted by Crippen LogP contribution is -2.27. The molecule has 1 aliphatic heterocycles. The van der Waals surface area contributed by atoms with Gasteiger partial charge in [-0.15, -0.1) is 11.3 Å². The zero-order chi connectivity index (χ0) is 29.0. The van der Waals surface area contributed by atoms with E-state index in [2.05, 4.69) is 31.6 Å². The number of amides is 2. The van der Waals surface area contributed by atoms with Crippen molar-refractivity contribution in [3.8, 4) is 0 Å². The fraction of sp³-hybridized carbons (Fsp3) is 0.355. The Balaban J connectivity index is 1.16. The number of nitrogens with one attached hydrogen (secondary N) is 2. The zero-order valence-electron chi connectivity index (χ0n) is 23.4. The highest BCUT2D eigenvalue weighted by atomic mass is 35.5. The Bertz CT molecular complexity index is 1540. The second kappa shape index (κ2) is 12.5. The number of aromatic nitrogens is 2. The minimum absolute atomic E-state index is 0.152. The summed E-state index contributed by atoms with van der Waals surface area (Å²) in [6.07, 6.45) is 7.00. The van der Waals surface area contributed by atoms with E-state index in [1.54, 1.807) is 18.5 Å². The van der Waals surface area contributed by atoms with E-state index < -0.39 is 11.7 Å². The quantitative estimate of drug-likeness (QED) is 0.237. The fourth-order valence-electron chi connectivity index (χ4n) is 5.01. The van der Waals surface area contributed by atoms with E-state index in [-0.39, 0.29) is 5.91 Å². The second-order valence-corrected chi connectivity index (χ2v) is 12.9. The van der Waals surface area contributed by atoms with Gasteiger partial charge in [0.05, 0.1) is 9.90 Å². The monoisotopic (exact) mass is 591 g/mol. The van der Waals surface area contributed by atoms with Crippen molar-refractivity contribution in [3.63, 3.8) is 0 Å². The second-order valence-electron chi connectivity index (χ2n) is 11.4. The molecule has 1 aliphatic rings. The number of hydrogen-bond acceptors (Lipinski definition) is 7. The summed E-state index contributed by atoms with van der Waals surface area (Å²) in [6.45, 7) is 8.57. The Morgan fingerprint density at radius 1 is 1.15 bits per heavy atom. The zero-order valence-corrected chi connectivity index (χ0v) is 25.0. The smallest absolute Gasteiger partial charge is 0.413 e. The standard InChI is InChI=1S/C31H34ClN5O3S/c1-31(2,3)40-30(39)36-28-24-7-6-21(14-23(24)8-11-34-28)17-35-29(38)26-15-25(32)27(41-26)19-37-12-9-22(18-37)13-20-5-4-10-33-16-20/h4-8,10-11,14-16,22H,9,12-13,17-19H2,1-3H3,(H,35,38)(H,34,36,39). The van der Waals surface area contributed by atoms with Crippen LogP contribution in [0, 0.1) is 5.92 Å². The number of nitrogens with zero attached hydrogens (tertiary/aromatic N) is 3. The van der Waals surface area contributed by atoms with Crippen LogP contribution in [0.15, 0.2) is 61.1 Å². The number of hydrogen-bond donors (Lipinski definition) is 2. The number of thiophene rings is 1. The third kappa shape index (κ3) is 7.81. The summed E-state index contributed by atoms with van der Waals surface area (Å²) in [5.74, 6) is 0.873. The molecule has 214 valence electrons. The Kier molecular flexibility index (Phi) is 8.87. The van der Waals surface area contributed by atoms with Crippen molar-refractivity contribution in [2.45, 2.75) is 52.3 Å². The molecule has 0 radical (unpaired) electrons. The first-order chi connectivity index (χ1) is 19.6. The number of likely N-dealkylation sites (tertiary alicyclic amines) is 1. The van der Waals surface area contributed by atoms with Crippen molar-refractivity contribution in [2.24, 2.45) is 5.92 Å². The summed E-state index contributed by atoms with van der Waals surface area (Å²) in [5.41, 5.74) is 1.60. The van der Waals surface area contributed by atoms with E-state index in [1.807, 2.05) is 57.3 Å². The first-order valence-electron chi connectivity index (χ1n) is 13.7. The molecule has 1 fully saturated rings. The van der Waals surface area contributed by atoms with Crippen molar-refractivity contribution < 1.29 is 14.3 Å². The molecule has 1 aromatic carbocycles. The molecule has 41 heavy (non-hydrogen) atoms. The van der Waals surface area contributed by atoms with E-state index >= 15 is 0 Å². The minimum atomic E-state index is -0.606. The first-order valence-corrected chi connectivity index (χ1v) is 14.9. The van der Waals surface area contributed by atoms with Crippen molar-refractivity contribution in [3.05, 3.63) is 87.0 Å². The van der Waals surface area contributed by atoms with E-state index in [4.69, 9.17) is 16.3 Å². The van der Waals surface area contributed by atoms with Gasteiger partial charge in [0.25, 0.3) is 5.91 Å². The van der Waals surface area contributed by atoms with Gasteiger partial charge in [0, 0.05) is 48.5 Å². The number of ether oxygens (including phenoxy) is 1. The predicted octanol–water partition coefficient (Wildman–Crippen LogP) is 6.69. The number of anilines is 1. The maximum Gasteiger partial charge on any atom is 0.413 e. The normalized spacial score (nSPS) is 15.7. The predicted molar refractivity (Wildman–Crippen MR) is 163 cm³/mol. The lowest BCUT2D eigenvalue weighted by atomic mass is 10.0. The number of halogens is 1. The molecule has 4 aromatic rings. The molecule has 1 saturated heterocycles. The van der Waals surface area contributed by atoms with Crippen LogP contribution >= 0.6 is 22.9 Å². The van der Waals surface area contributed by atoms with Crippen LogP contribution in [0.4, 0.5) is 10.6 Å². The summed E-state index contributed by atoms with van der Waals surface area (Å²) in [4.78, 5) is 37.7. The van der Waals surface area contributed by atoms with Gasteiger partial charge in [-0.2, -0.15) is 0 Å². The van der Waals surface area contributed by atoms with Crippen LogP contribution in [0.25, 0.3) is 10.8 Å². The van der Waals surface area contributed by atoms with Crippen LogP contribution in [0.3, 0.4) is 0 Å². The molecule has 4 heterocycles. The Morgan fingerprint density at radius 3 is 2.78 bits per heavy atom. The molecule has 0 aliphatic carbocycles. The van der Waals surface area contributed by atoms with Crippen LogP contribution in [-0.4, -0.2) is 45.6 Å². The van der Waals surface area contributed by atoms with Crippen LogP contribution < -0.4 is 10.6 Å². The van der Waals surface area contributed by atoms with Gasteiger partial charge in [-0.3, -0.25) is 20.0 Å². The summed E-state index contributed by atoms with van der Waals surface area (Å²) < 4.78 is 5.34. The van der Waals surface area contributed by atoms with Gasteiger partial charge >= 0.3 is 6.09 Å². The molecule has 0 spiro atoms. The molecule has 1 atom stereocenters. The molecule has 0 bridgehead atoms. The third-order valence-electron chi connectivity index (χ3n) is 6.87. The van der Waals surface area contributed by atoms with E-state index in [9.17, 15) is 9.59 Å².